The number of H-pyrrole nitrogens is 1. The molecule has 3 heterocycles. The molecule has 1 aromatic carbocycles. The molecule has 0 aliphatic carbocycles. The molecule has 0 bridgehead atoms. The summed E-state index contributed by atoms with van der Waals surface area (Å²) in [5, 5.41) is 9.41. The number of benzene rings is 1. The zero-order chi connectivity index (χ0) is 15.1. The standard InChI is InChI=1S/C17H12N4O/c18-8-13-16(15-14(20-17(13)22)6-3-7-19-15)21-9-11-4-1-2-5-12(11)10-21/h1-7H,9-10H2,(H,20,22). The zero-order valence-corrected chi connectivity index (χ0v) is 11.7. The Morgan fingerprint density at radius 2 is 1.86 bits per heavy atom. The lowest BCUT2D eigenvalue weighted by atomic mass is 10.1. The smallest absolute Gasteiger partial charge is 0.268 e. The molecule has 1 aliphatic rings. The number of rotatable bonds is 1. The lowest BCUT2D eigenvalue weighted by molar-refractivity contribution is 0.878. The van der Waals surface area contributed by atoms with Crippen molar-refractivity contribution in [2.24, 2.45) is 0 Å². The molecule has 22 heavy (non-hydrogen) atoms. The van der Waals surface area contributed by atoms with Crippen molar-refractivity contribution in [2.45, 2.75) is 13.1 Å². The van der Waals surface area contributed by atoms with E-state index in [4.69, 9.17) is 0 Å². The van der Waals surface area contributed by atoms with E-state index in [0.29, 0.717) is 29.8 Å². The van der Waals surface area contributed by atoms with Crippen LogP contribution < -0.4 is 10.5 Å². The number of nitriles is 1. The van der Waals surface area contributed by atoms with Gasteiger partial charge in [0, 0.05) is 19.3 Å². The van der Waals surface area contributed by atoms with E-state index in [9.17, 15) is 10.1 Å². The molecule has 0 radical (unpaired) electrons. The van der Waals surface area contributed by atoms with Gasteiger partial charge in [-0.1, -0.05) is 24.3 Å². The fourth-order valence-electron chi connectivity index (χ4n) is 3.01. The van der Waals surface area contributed by atoms with Crippen LogP contribution in [-0.4, -0.2) is 9.97 Å². The largest absolute Gasteiger partial charge is 0.360 e. The highest BCUT2D eigenvalue weighted by Gasteiger charge is 2.25. The second kappa shape index (κ2) is 4.71. The lowest BCUT2D eigenvalue weighted by Gasteiger charge is -2.20. The molecule has 0 saturated heterocycles. The van der Waals surface area contributed by atoms with E-state index in [2.05, 4.69) is 22.1 Å². The topological polar surface area (TPSA) is 72.8 Å². The van der Waals surface area contributed by atoms with Crippen LogP contribution in [0.15, 0.2) is 47.4 Å². The number of aromatic nitrogens is 2. The van der Waals surface area contributed by atoms with Crippen molar-refractivity contribution in [2.75, 3.05) is 4.90 Å². The maximum atomic E-state index is 12.2. The van der Waals surface area contributed by atoms with Crippen molar-refractivity contribution in [1.29, 1.82) is 5.26 Å². The second-order valence-corrected chi connectivity index (χ2v) is 5.31. The summed E-state index contributed by atoms with van der Waals surface area (Å²) in [6, 6.07) is 13.8. The number of nitrogens with zero attached hydrogens (tertiary/aromatic N) is 3. The quantitative estimate of drug-likeness (QED) is 0.745. The maximum Gasteiger partial charge on any atom is 0.268 e. The van der Waals surface area contributed by atoms with E-state index in [-0.39, 0.29) is 11.1 Å². The number of hydrogen-bond donors (Lipinski definition) is 1. The number of nitrogens with one attached hydrogen (secondary N) is 1. The van der Waals surface area contributed by atoms with E-state index in [1.807, 2.05) is 23.1 Å². The first kappa shape index (κ1) is 12.6. The molecule has 106 valence electrons. The van der Waals surface area contributed by atoms with Crippen molar-refractivity contribution in [3.63, 3.8) is 0 Å². The summed E-state index contributed by atoms with van der Waals surface area (Å²) >= 11 is 0. The van der Waals surface area contributed by atoms with Crippen LogP contribution in [0.3, 0.4) is 0 Å². The Bertz CT molecular complexity index is 959. The molecule has 0 amide bonds. The number of hydrogen-bond acceptors (Lipinski definition) is 4. The first-order chi connectivity index (χ1) is 10.8. The minimum Gasteiger partial charge on any atom is -0.360 e. The van der Waals surface area contributed by atoms with Crippen LogP contribution in [0.4, 0.5) is 5.69 Å². The van der Waals surface area contributed by atoms with Crippen molar-refractivity contribution in [3.8, 4) is 6.07 Å². The van der Waals surface area contributed by atoms with Crippen LogP contribution in [0.25, 0.3) is 11.0 Å². The summed E-state index contributed by atoms with van der Waals surface area (Å²) in [6.07, 6.45) is 1.68. The summed E-state index contributed by atoms with van der Waals surface area (Å²) < 4.78 is 0. The molecule has 0 atom stereocenters. The first-order valence-electron chi connectivity index (χ1n) is 7.01. The van der Waals surface area contributed by atoms with Crippen LogP contribution in [0, 0.1) is 11.3 Å². The molecule has 0 saturated carbocycles. The maximum absolute atomic E-state index is 12.2. The van der Waals surface area contributed by atoms with Gasteiger partial charge in [-0.05, 0) is 23.3 Å². The van der Waals surface area contributed by atoms with Gasteiger partial charge in [0.05, 0.1) is 11.2 Å². The van der Waals surface area contributed by atoms with E-state index in [0.717, 1.165) is 0 Å². The Balaban J connectivity index is 1.96. The molecule has 0 spiro atoms. The van der Waals surface area contributed by atoms with Crippen molar-refractivity contribution in [1.82, 2.24) is 9.97 Å². The molecular weight excluding hydrogens is 276 g/mol. The van der Waals surface area contributed by atoms with E-state index >= 15 is 0 Å². The van der Waals surface area contributed by atoms with Gasteiger partial charge in [-0.2, -0.15) is 5.26 Å². The molecule has 0 unspecified atom stereocenters. The Hall–Kier alpha value is -3.13. The van der Waals surface area contributed by atoms with Gasteiger partial charge < -0.3 is 9.88 Å². The summed E-state index contributed by atoms with van der Waals surface area (Å²) in [6.45, 7) is 1.36. The number of anilines is 1. The van der Waals surface area contributed by atoms with E-state index in [1.165, 1.54) is 11.1 Å². The van der Waals surface area contributed by atoms with Gasteiger partial charge in [-0.25, -0.2) is 0 Å². The van der Waals surface area contributed by atoms with Gasteiger partial charge in [-0.3, -0.25) is 9.78 Å². The van der Waals surface area contributed by atoms with Crippen LogP contribution in [0.1, 0.15) is 16.7 Å². The van der Waals surface area contributed by atoms with Crippen LogP contribution >= 0.6 is 0 Å². The monoisotopic (exact) mass is 288 g/mol. The van der Waals surface area contributed by atoms with Crippen molar-refractivity contribution >= 4 is 16.7 Å². The molecule has 1 N–H and O–H groups in total. The summed E-state index contributed by atoms with van der Waals surface area (Å²) in [7, 11) is 0. The molecule has 5 heteroatoms. The summed E-state index contributed by atoms with van der Waals surface area (Å²) in [5.41, 5.74) is 4.13. The molecule has 1 aliphatic heterocycles. The predicted octanol–water partition coefficient (Wildman–Crippen LogP) is 2.31. The SMILES string of the molecule is N#Cc1c(N2Cc3ccccc3C2)c2ncccc2[nH]c1=O. The lowest BCUT2D eigenvalue weighted by Crippen LogP contribution is -2.22. The fourth-order valence-corrected chi connectivity index (χ4v) is 3.01. The van der Waals surface area contributed by atoms with Gasteiger partial charge in [0.2, 0.25) is 0 Å². The van der Waals surface area contributed by atoms with Crippen molar-refractivity contribution in [3.05, 3.63) is 69.6 Å². The Morgan fingerprint density at radius 1 is 1.14 bits per heavy atom. The molecule has 4 rings (SSSR count). The molecule has 5 nitrogen and oxygen atoms in total. The van der Waals surface area contributed by atoms with Crippen LogP contribution in [0.5, 0.6) is 0 Å². The molecule has 0 fully saturated rings. The average molecular weight is 288 g/mol. The second-order valence-electron chi connectivity index (χ2n) is 5.31. The normalized spacial score (nSPS) is 13.1. The molecule has 3 aromatic rings. The first-order valence-corrected chi connectivity index (χ1v) is 7.01. The van der Waals surface area contributed by atoms with Gasteiger partial charge >= 0.3 is 0 Å². The minimum absolute atomic E-state index is 0.124. The zero-order valence-electron chi connectivity index (χ0n) is 11.7. The number of fused-ring (bicyclic) bond motifs is 2. The van der Waals surface area contributed by atoms with Gasteiger partial charge in [0.1, 0.15) is 17.1 Å². The summed E-state index contributed by atoms with van der Waals surface area (Å²) in [5.74, 6) is 0. The highest BCUT2D eigenvalue weighted by atomic mass is 16.1. The van der Waals surface area contributed by atoms with Crippen LogP contribution in [0.2, 0.25) is 0 Å². The minimum atomic E-state index is -0.367. The van der Waals surface area contributed by atoms with Gasteiger partial charge in [0.25, 0.3) is 5.56 Å². The van der Waals surface area contributed by atoms with Gasteiger partial charge in [-0.15, -0.1) is 0 Å². The Kier molecular flexibility index (Phi) is 2.70. The predicted molar refractivity (Wildman–Crippen MR) is 83.4 cm³/mol. The Labute approximate surface area is 126 Å². The van der Waals surface area contributed by atoms with E-state index in [1.54, 1.807) is 18.3 Å². The molecule has 2 aromatic heterocycles. The summed E-state index contributed by atoms with van der Waals surface area (Å²) in [4.78, 5) is 21.3. The third kappa shape index (κ3) is 1.78. The van der Waals surface area contributed by atoms with E-state index < -0.39 is 0 Å². The fraction of sp³-hybridized carbons (Fsp3) is 0.118. The average Bonchev–Trinajstić information content (AvgIpc) is 2.97. The Morgan fingerprint density at radius 3 is 2.55 bits per heavy atom. The molecular formula is C17H12N4O. The van der Waals surface area contributed by atoms with Crippen LogP contribution in [-0.2, 0) is 13.1 Å². The third-order valence-corrected chi connectivity index (χ3v) is 4.01. The highest BCUT2D eigenvalue weighted by Crippen LogP contribution is 2.32. The highest BCUT2D eigenvalue weighted by molar-refractivity contribution is 5.91. The van der Waals surface area contributed by atoms with Crippen molar-refractivity contribution < 1.29 is 0 Å². The number of pyridine rings is 2. The van der Waals surface area contributed by atoms with Gasteiger partial charge in [0.15, 0.2) is 0 Å². The third-order valence-electron chi connectivity index (χ3n) is 4.01. The number of aromatic amines is 1.